The van der Waals surface area contributed by atoms with Gasteiger partial charge < -0.3 is 10.0 Å². The van der Waals surface area contributed by atoms with Gasteiger partial charge in [-0.15, -0.1) is 11.8 Å². The van der Waals surface area contributed by atoms with E-state index >= 15 is 0 Å². The summed E-state index contributed by atoms with van der Waals surface area (Å²) in [6, 6.07) is 7.49. The van der Waals surface area contributed by atoms with Gasteiger partial charge in [0, 0.05) is 35.2 Å². The van der Waals surface area contributed by atoms with Crippen molar-refractivity contribution in [2.75, 3.05) is 18.8 Å². The molecule has 1 aliphatic rings. The van der Waals surface area contributed by atoms with Gasteiger partial charge in [-0.1, -0.05) is 11.6 Å². The number of carbonyl (C=O) groups excluding carboxylic acids is 1. The quantitative estimate of drug-likeness (QED) is 0.849. The van der Waals surface area contributed by atoms with E-state index in [-0.39, 0.29) is 5.91 Å². The number of halogens is 1. The molecule has 1 amide bonds. The molecule has 1 N–H and O–H groups in total. The molecule has 6 heteroatoms. The van der Waals surface area contributed by atoms with Crippen LogP contribution in [0, 0.1) is 5.92 Å². The molecule has 0 saturated carbocycles. The zero-order chi connectivity index (χ0) is 14.5. The molecule has 0 bridgehead atoms. The fourth-order valence-corrected chi connectivity index (χ4v) is 3.10. The Morgan fingerprint density at radius 1 is 1.35 bits per heavy atom. The van der Waals surface area contributed by atoms with Crippen LogP contribution < -0.4 is 0 Å². The van der Waals surface area contributed by atoms with Gasteiger partial charge >= 0.3 is 5.97 Å². The molecule has 1 heterocycles. The second-order valence-corrected chi connectivity index (χ2v) is 6.32. The molecular formula is C14H16ClNO3S. The number of hydrogen-bond acceptors (Lipinski definition) is 3. The number of carboxylic acids is 1. The highest BCUT2D eigenvalue weighted by Crippen LogP contribution is 2.22. The molecular weight excluding hydrogens is 298 g/mol. The number of carboxylic acid groups (broad SMARTS) is 1. The molecule has 1 unspecified atom stereocenters. The monoisotopic (exact) mass is 313 g/mol. The molecule has 2 rings (SSSR count). The van der Waals surface area contributed by atoms with Crippen LogP contribution in [0.25, 0.3) is 0 Å². The zero-order valence-corrected chi connectivity index (χ0v) is 12.5. The predicted octanol–water partition coefficient (Wildman–Crippen LogP) is 2.76. The molecule has 1 aromatic rings. The van der Waals surface area contributed by atoms with Crippen LogP contribution in [0.2, 0.25) is 5.02 Å². The average Bonchev–Trinajstić information content (AvgIpc) is 2.91. The van der Waals surface area contributed by atoms with Gasteiger partial charge in [0.2, 0.25) is 5.91 Å². The van der Waals surface area contributed by atoms with Crippen molar-refractivity contribution in [1.29, 1.82) is 0 Å². The lowest BCUT2D eigenvalue weighted by molar-refractivity contribution is -0.141. The summed E-state index contributed by atoms with van der Waals surface area (Å²) >= 11 is 7.40. The van der Waals surface area contributed by atoms with Crippen molar-refractivity contribution in [1.82, 2.24) is 4.90 Å². The number of aliphatic carboxylic acids is 1. The third kappa shape index (κ3) is 4.15. The fraction of sp³-hybridized carbons (Fsp3) is 0.429. The molecule has 1 atom stereocenters. The molecule has 1 aliphatic heterocycles. The molecule has 0 aliphatic carbocycles. The first-order valence-electron chi connectivity index (χ1n) is 6.45. The molecule has 1 fully saturated rings. The summed E-state index contributed by atoms with van der Waals surface area (Å²) in [6.07, 6.45) is 0.991. The van der Waals surface area contributed by atoms with Gasteiger partial charge in [0.15, 0.2) is 0 Å². The van der Waals surface area contributed by atoms with Crippen LogP contribution >= 0.6 is 23.4 Å². The first kappa shape index (κ1) is 15.2. The van der Waals surface area contributed by atoms with Crippen molar-refractivity contribution in [2.45, 2.75) is 17.7 Å². The van der Waals surface area contributed by atoms with Gasteiger partial charge in [-0.05, 0) is 30.7 Å². The van der Waals surface area contributed by atoms with Gasteiger partial charge in [0.05, 0.1) is 5.92 Å². The number of carbonyl (C=O) groups is 2. The maximum absolute atomic E-state index is 12.0. The Morgan fingerprint density at radius 3 is 2.65 bits per heavy atom. The highest BCUT2D eigenvalue weighted by atomic mass is 35.5. The number of benzene rings is 1. The average molecular weight is 314 g/mol. The Hall–Kier alpha value is -1.20. The molecule has 1 aromatic carbocycles. The van der Waals surface area contributed by atoms with E-state index in [1.54, 1.807) is 16.7 Å². The maximum Gasteiger partial charge on any atom is 0.308 e. The predicted molar refractivity (Wildman–Crippen MR) is 79.1 cm³/mol. The van der Waals surface area contributed by atoms with E-state index in [4.69, 9.17) is 16.7 Å². The van der Waals surface area contributed by atoms with Crippen LogP contribution in [0.4, 0.5) is 0 Å². The Morgan fingerprint density at radius 2 is 2.05 bits per heavy atom. The van der Waals surface area contributed by atoms with E-state index in [0.717, 1.165) is 4.90 Å². The Kier molecular flexibility index (Phi) is 5.31. The second-order valence-electron chi connectivity index (χ2n) is 4.72. The van der Waals surface area contributed by atoms with Crippen molar-refractivity contribution in [3.8, 4) is 0 Å². The van der Waals surface area contributed by atoms with E-state index in [1.165, 1.54) is 0 Å². The maximum atomic E-state index is 12.0. The van der Waals surface area contributed by atoms with Crippen molar-refractivity contribution in [2.24, 2.45) is 5.92 Å². The lowest BCUT2D eigenvalue weighted by Gasteiger charge is -2.15. The molecule has 20 heavy (non-hydrogen) atoms. The fourth-order valence-electron chi connectivity index (χ4n) is 2.13. The number of likely N-dealkylation sites (tertiary alicyclic amines) is 1. The summed E-state index contributed by atoms with van der Waals surface area (Å²) in [5, 5.41) is 9.60. The lowest BCUT2D eigenvalue weighted by atomic mass is 10.1. The van der Waals surface area contributed by atoms with Crippen molar-refractivity contribution in [3.63, 3.8) is 0 Å². The minimum Gasteiger partial charge on any atom is -0.481 e. The SMILES string of the molecule is O=C(O)C1CCN(C(=O)CCSc2ccc(Cl)cc2)C1. The minimum absolute atomic E-state index is 0.0372. The lowest BCUT2D eigenvalue weighted by Crippen LogP contribution is -2.30. The van der Waals surface area contributed by atoms with E-state index in [0.29, 0.717) is 36.7 Å². The number of hydrogen-bond donors (Lipinski definition) is 1. The van der Waals surface area contributed by atoms with Gasteiger partial charge in [0.25, 0.3) is 0 Å². The van der Waals surface area contributed by atoms with Gasteiger partial charge in [-0.3, -0.25) is 9.59 Å². The van der Waals surface area contributed by atoms with Crippen LogP contribution in [0.3, 0.4) is 0 Å². The van der Waals surface area contributed by atoms with Gasteiger partial charge in [-0.25, -0.2) is 0 Å². The summed E-state index contributed by atoms with van der Waals surface area (Å²) < 4.78 is 0. The standard InChI is InChI=1S/C14H16ClNO3S/c15-11-1-3-12(4-2-11)20-8-6-13(17)16-7-5-10(9-16)14(18)19/h1-4,10H,5-9H2,(H,18,19). The van der Waals surface area contributed by atoms with Gasteiger partial charge in [-0.2, -0.15) is 0 Å². The van der Waals surface area contributed by atoms with Crippen LogP contribution in [0.1, 0.15) is 12.8 Å². The third-order valence-corrected chi connectivity index (χ3v) is 4.55. The molecule has 0 radical (unpaired) electrons. The highest BCUT2D eigenvalue weighted by molar-refractivity contribution is 7.99. The Labute approximate surface area is 127 Å². The first-order chi connectivity index (χ1) is 9.56. The molecule has 0 aromatic heterocycles. The summed E-state index contributed by atoms with van der Waals surface area (Å²) in [7, 11) is 0. The van der Waals surface area contributed by atoms with Crippen LogP contribution in [0.15, 0.2) is 29.2 Å². The zero-order valence-electron chi connectivity index (χ0n) is 10.9. The molecule has 4 nitrogen and oxygen atoms in total. The second kappa shape index (κ2) is 6.99. The van der Waals surface area contributed by atoms with Crippen molar-refractivity contribution in [3.05, 3.63) is 29.3 Å². The van der Waals surface area contributed by atoms with Crippen LogP contribution in [-0.2, 0) is 9.59 Å². The van der Waals surface area contributed by atoms with E-state index in [2.05, 4.69) is 0 Å². The summed E-state index contributed by atoms with van der Waals surface area (Å²) in [6.45, 7) is 0.904. The highest BCUT2D eigenvalue weighted by Gasteiger charge is 2.30. The minimum atomic E-state index is -0.809. The Balaban J connectivity index is 1.73. The first-order valence-corrected chi connectivity index (χ1v) is 7.81. The van der Waals surface area contributed by atoms with Crippen molar-refractivity contribution < 1.29 is 14.7 Å². The largest absolute Gasteiger partial charge is 0.481 e. The van der Waals surface area contributed by atoms with Gasteiger partial charge in [0.1, 0.15) is 0 Å². The molecule has 0 spiro atoms. The summed E-state index contributed by atoms with van der Waals surface area (Å²) in [4.78, 5) is 25.5. The van der Waals surface area contributed by atoms with E-state index in [9.17, 15) is 9.59 Å². The number of thioether (sulfide) groups is 1. The van der Waals surface area contributed by atoms with E-state index in [1.807, 2.05) is 24.3 Å². The number of amides is 1. The van der Waals surface area contributed by atoms with Crippen LogP contribution in [-0.4, -0.2) is 40.7 Å². The summed E-state index contributed by atoms with van der Waals surface area (Å²) in [5.74, 6) is -0.483. The normalized spacial score (nSPS) is 18.2. The topological polar surface area (TPSA) is 57.6 Å². The number of nitrogens with zero attached hydrogens (tertiary/aromatic N) is 1. The Bertz CT molecular complexity index is 492. The van der Waals surface area contributed by atoms with Crippen molar-refractivity contribution >= 4 is 35.2 Å². The molecule has 1 saturated heterocycles. The van der Waals surface area contributed by atoms with E-state index < -0.39 is 11.9 Å². The third-order valence-electron chi connectivity index (χ3n) is 3.29. The smallest absolute Gasteiger partial charge is 0.308 e. The number of rotatable bonds is 5. The molecule has 108 valence electrons. The summed E-state index contributed by atoms with van der Waals surface area (Å²) in [5.41, 5.74) is 0. The van der Waals surface area contributed by atoms with Crippen LogP contribution in [0.5, 0.6) is 0 Å².